The Labute approximate surface area is 183 Å². The largest absolute Gasteiger partial charge is 0.451 e. The number of anilines is 2. The van der Waals surface area contributed by atoms with Gasteiger partial charge in [-0.1, -0.05) is 34.8 Å². The molecule has 3 aromatic rings. The van der Waals surface area contributed by atoms with Crippen molar-refractivity contribution in [2.24, 2.45) is 0 Å². The van der Waals surface area contributed by atoms with Gasteiger partial charge in [-0.2, -0.15) is 0 Å². The Morgan fingerprint density at radius 1 is 0.931 bits per heavy atom. The number of nitrogens with one attached hydrogen (secondary N) is 1. The van der Waals surface area contributed by atoms with Gasteiger partial charge in [-0.25, -0.2) is 0 Å². The van der Waals surface area contributed by atoms with Crippen molar-refractivity contribution >= 4 is 52.1 Å². The smallest absolute Gasteiger partial charge is 0.291 e. The van der Waals surface area contributed by atoms with Gasteiger partial charge in [-0.15, -0.1) is 0 Å². The van der Waals surface area contributed by atoms with E-state index in [1.165, 1.54) is 0 Å². The lowest BCUT2D eigenvalue weighted by molar-refractivity contribution is 0.0997. The molecule has 0 atom stereocenters. The molecule has 0 saturated carbocycles. The fourth-order valence-electron chi connectivity index (χ4n) is 3.16. The highest BCUT2D eigenvalue weighted by Crippen LogP contribution is 2.33. The summed E-state index contributed by atoms with van der Waals surface area (Å²) >= 11 is 18.4. The normalized spacial score (nSPS) is 14.1. The third kappa shape index (κ3) is 4.54. The van der Waals surface area contributed by atoms with E-state index in [1.807, 2.05) is 6.07 Å². The van der Waals surface area contributed by atoms with E-state index >= 15 is 0 Å². The molecule has 0 unspecified atom stereocenters. The Morgan fingerprint density at radius 3 is 2.45 bits per heavy atom. The summed E-state index contributed by atoms with van der Waals surface area (Å²) in [5.41, 5.74) is 2.12. The molecule has 1 fully saturated rings. The molecule has 8 heteroatoms. The minimum Gasteiger partial charge on any atom is -0.451 e. The number of carbonyl (C=O) groups excluding carboxylic acids is 1. The second-order valence-corrected chi connectivity index (χ2v) is 7.78. The van der Waals surface area contributed by atoms with Crippen LogP contribution in [0.3, 0.4) is 0 Å². The van der Waals surface area contributed by atoms with Crippen molar-refractivity contribution < 1.29 is 13.9 Å². The minimum absolute atomic E-state index is 0.156. The van der Waals surface area contributed by atoms with E-state index in [2.05, 4.69) is 10.2 Å². The molecule has 0 radical (unpaired) electrons. The van der Waals surface area contributed by atoms with Crippen LogP contribution in [0.1, 0.15) is 10.6 Å². The van der Waals surface area contributed by atoms with Gasteiger partial charge < -0.3 is 19.4 Å². The van der Waals surface area contributed by atoms with Crippen LogP contribution in [0.5, 0.6) is 0 Å². The standard InChI is InChI=1S/C21H17Cl3N2O3/c22-13-1-3-16(24)15(11-13)19-5-6-20(29-19)21(27)25-17-12-14(23)2-4-18(17)26-7-9-28-10-8-26/h1-6,11-12H,7-10H2,(H,25,27). The minimum atomic E-state index is -0.383. The van der Waals surface area contributed by atoms with Crippen LogP contribution in [-0.4, -0.2) is 32.2 Å². The molecule has 5 nitrogen and oxygen atoms in total. The first-order valence-electron chi connectivity index (χ1n) is 9.00. The van der Waals surface area contributed by atoms with Crippen LogP contribution in [0.25, 0.3) is 11.3 Å². The van der Waals surface area contributed by atoms with Gasteiger partial charge in [0, 0.05) is 28.7 Å². The summed E-state index contributed by atoms with van der Waals surface area (Å²) in [7, 11) is 0. The zero-order valence-electron chi connectivity index (χ0n) is 15.3. The van der Waals surface area contributed by atoms with E-state index in [0.717, 1.165) is 18.8 Å². The number of benzene rings is 2. The van der Waals surface area contributed by atoms with E-state index in [-0.39, 0.29) is 11.7 Å². The molecule has 1 aromatic heterocycles. The van der Waals surface area contributed by atoms with E-state index in [4.69, 9.17) is 44.0 Å². The third-order valence-corrected chi connectivity index (χ3v) is 5.38. The quantitative estimate of drug-likeness (QED) is 0.529. The van der Waals surface area contributed by atoms with Crippen LogP contribution in [0.15, 0.2) is 52.9 Å². The van der Waals surface area contributed by atoms with Crippen LogP contribution >= 0.6 is 34.8 Å². The lowest BCUT2D eigenvalue weighted by atomic mass is 10.2. The zero-order valence-corrected chi connectivity index (χ0v) is 17.5. The molecule has 0 spiro atoms. The molecule has 1 saturated heterocycles. The Bertz CT molecular complexity index is 1050. The van der Waals surface area contributed by atoms with E-state index in [9.17, 15) is 4.79 Å². The number of nitrogens with zero attached hydrogens (tertiary/aromatic N) is 1. The number of furan rings is 1. The SMILES string of the molecule is O=C(Nc1cc(Cl)ccc1N1CCOCC1)c1ccc(-c2cc(Cl)ccc2Cl)o1. The predicted molar refractivity (Wildman–Crippen MR) is 117 cm³/mol. The number of hydrogen-bond donors (Lipinski definition) is 1. The molecule has 1 N–H and O–H groups in total. The number of hydrogen-bond acceptors (Lipinski definition) is 4. The molecule has 2 heterocycles. The Kier molecular flexibility index (Phi) is 6.01. The van der Waals surface area contributed by atoms with Gasteiger partial charge in [0.05, 0.1) is 29.6 Å². The zero-order chi connectivity index (χ0) is 20.4. The highest BCUT2D eigenvalue weighted by Gasteiger charge is 2.19. The van der Waals surface area contributed by atoms with Crippen LogP contribution in [-0.2, 0) is 4.74 Å². The summed E-state index contributed by atoms with van der Waals surface area (Å²) < 4.78 is 11.1. The van der Waals surface area contributed by atoms with E-state index in [0.29, 0.717) is 45.3 Å². The molecule has 1 aliphatic heterocycles. The van der Waals surface area contributed by atoms with Gasteiger partial charge in [-0.05, 0) is 48.5 Å². The summed E-state index contributed by atoms with van der Waals surface area (Å²) in [5.74, 6) is 0.234. The van der Waals surface area contributed by atoms with Crippen molar-refractivity contribution in [1.82, 2.24) is 0 Å². The number of rotatable bonds is 4. The second kappa shape index (κ2) is 8.67. The average Bonchev–Trinajstić information content (AvgIpc) is 3.21. The maximum Gasteiger partial charge on any atom is 0.291 e. The highest BCUT2D eigenvalue weighted by atomic mass is 35.5. The molecule has 0 aliphatic carbocycles. The summed E-state index contributed by atoms with van der Waals surface area (Å²) in [6.45, 7) is 2.75. The van der Waals surface area contributed by atoms with Gasteiger partial charge >= 0.3 is 0 Å². The second-order valence-electron chi connectivity index (χ2n) is 6.50. The Morgan fingerprint density at radius 2 is 1.66 bits per heavy atom. The summed E-state index contributed by atoms with van der Waals surface area (Å²) in [6.07, 6.45) is 0. The van der Waals surface area contributed by atoms with Crippen molar-refractivity contribution in [2.75, 3.05) is 36.5 Å². The van der Waals surface area contributed by atoms with Crippen LogP contribution in [0.2, 0.25) is 15.1 Å². The highest BCUT2D eigenvalue weighted by molar-refractivity contribution is 6.35. The Hall–Kier alpha value is -2.18. The van der Waals surface area contributed by atoms with E-state index in [1.54, 1.807) is 42.5 Å². The first-order chi connectivity index (χ1) is 14.0. The average molecular weight is 452 g/mol. The molecular weight excluding hydrogens is 435 g/mol. The fraction of sp³-hybridized carbons (Fsp3) is 0.190. The molecule has 4 rings (SSSR count). The van der Waals surface area contributed by atoms with Crippen LogP contribution < -0.4 is 10.2 Å². The van der Waals surface area contributed by atoms with E-state index < -0.39 is 0 Å². The monoisotopic (exact) mass is 450 g/mol. The molecule has 2 aromatic carbocycles. The maximum absolute atomic E-state index is 12.8. The number of amides is 1. The summed E-state index contributed by atoms with van der Waals surface area (Å²) in [4.78, 5) is 15.0. The Balaban J connectivity index is 1.58. The topological polar surface area (TPSA) is 54.7 Å². The van der Waals surface area contributed by atoms with Gasteiger partial charge in [0.25, 0.3) is 5.91 Å². The van der Waals surface area contributed by atoms with Crippen LogP contribution in [0.4, 0.5) is 11.4 Å². The molecular formula is C21H17Cl3N2O3. The third-order valence-electron chi connectivity index (χ3n) is 4.58. The first-order valence-corrected chi connectivity index (χ1v) is 10.1. The predicted octanol–water partition coefficient (Wildman–Crippen LogP) is 6.00. The first kappa shape index (κ1) is 20.1. The molecule has 1 aliphatic rings. The summed E-state index contributed by atoms with van der Waals surface area (Å²) in [5, 5.41) is 4.44. The van der Waals surface area contributed by atoms with Crippen molar-refractivity contribution in [3.63, 3.8) is 0 Å². The van der Waals surface area contributed by atoms with Crippen molar-refractivity contribution in [3.05, 3.63) is 69.4 Å². The van der Waals surface area contributed by atoms with Crippen molar-refractivity contribution in [3.8, 4) is 11.3 Å². The molecule has 1 amide bonds. The number of ether oxygens (including phenoxy) is 1. The lowest BCUT2D eigenvalue weighted by Crippen LogP contribution is -2.36. The van der Waals surface area contributed by atoms with Crippen molar-refractivity contribution in [2.45, 2.75) is 0 Å². The number of halogens is 3. The maximum atomic E-state index is 12.8. The van der Waals surface area contributed by atoms with Gasteiger partial charge in [0.15, 0.2) is 5.76 Å². The van der Waals surface area contributed by atoms with Gasteiger partial charge in [-0.3, -0.25) is 4.79 Å². The van der Waals surface area contributed by atoms with Gasteiger partial charge in [0.2, 0.25) is 0 Å². The number of morpholine rings is 1. The molecule has 29 heavy (non-hydrogen) atoms. The van der Waals surface area contributed by atoms with Gasteiger partial charge in [0.1, 0.15) is 5.76 Å². The van der Waals surface area contributed by atoms with Crippen molar-refractivity contribution in [1.29, 1.82) is 0 Å². The lowest BCUT2D eigenvalue weighted by Gasteiger charge is -2.30. The molecule has 150 valence electrons. The summed E-state index contributed by atoms with van der Waals surface area (Å²) in [6, 6.07) is 13.8. The molecule has 0 bridgehead atoms. The van der Waals surface area contributed by atoms with Crippen LogP contribution in [0, 0.1) is 0 Å². The fourth-order valence-corrected chi connectivity index (χ4v) is 3.72. The number of carbonyl (C=O) groups is 1.